The molecule has 0 saturated heterocycles. The molecular weight excluding hydrogens is 312 g/mol. The Morgan fingerprint density at radius 2 is 2.17 bits per heavy atom. The maximum absolute atomic E-state index is 6.11. The summed E-state index contributed by atoms with van der Waals surface area (Å²) in [6.07, 6.45) is 7.32. The van der Waals surface area contributed by atoms with Crippen LogP contribution >= 0.6 is 11.6 Å². The summed E-state index contributed by atoms with van der Waals surface area (Å²) in [4.78, 5) is 9.14. The summed E-state index contributed by atoms with van der Waals surface area (Å²) in [6, 6.07) is 8.07. The highest BCUT2D eigenvalue weighted by Gasteiger charge is 2.18. The molecule has 0 radical (unpaired) electrons. The molecule has 6 heteroatoms. The second-order valence-corrected chi connectivity index (χ2v) is 6.21. The van der Waals surface area contributed by atoms with Crippen molar-refractivity contribution in [1.29, 1.82) is 0 Å². The predicted octanol–water partition coefficient (Wildman–Crippen LogP) is 4.02. The van der Waals surface area contributed by atoms with Crippen molar-refractivity contribution in [3.63, 3.8) is 0 Å². The third-order valence-corrected chi connectivity index (χ3v) is 4.45. The zero-order chi connectivity index (χ0) is 15.8. The first-order chi connectivity index (χ1) is 11.2. The fourth-order valence-electron chi connectivity index (χ4n) is 2.73. The van der Waals surface area contributed by atoms with Crippen molar-refractivity contribution in [2.45, 2.75) is 25.3 Å². The van der Waals surface area contributed by atoms with Gasteiger partial charge in [-0.2, -0.15) is 0 Å². The first kappa shape index (κ1) is 14.3. The fraction of sp³-hybridized carbons (Fsp3) is 0.294. The zero-order valence-corrected chi connectivity index (χ0v) is 13.5. The first-order valence-electron chi connectivity index (χ1n) is 7.68. The fourth-order valence-corrected chi connectivity index (χ4v) is 2.89. The Hall–Kier alpha value is -2.27. The molecule has 0 unspecified atom stereocenters. The quantitative estimate of drug-likeness (QED) is 0.785. The Kier molecular flexibility index (Phi) is 3.58. The van der Waals surface area contributed by atoms with Crippen LogP contribution in [0, 0.1) is 0 Å². The third-order valence-electron chi connectivity index (χ3n) is 4.22. The molecular formula is C17H17ClN4O. The normalized spacial score (nSPS) is 14.7. The van der Waals surface area contributed by atoms with Crippen LogP contribution in [0.1, 0.15) is 19.3 Å². The van der Waals surface area contributed by atoms with Crippen LogP contribution in [-0.2, 0) is 0 Å². The summed E-state index contributed by atoms with van der Waals surface area (Å²) in [6.45, 7) is 0. The molecule has 1 N–H and O–H groups in total. The van der Waals surface area contributed by atoms with Gasteiger partial charge in [0, 0.05) is 24.4 Å². The number of anilines is 1. The smallest absolute Gasteiger partial charge is 0.137 e. The summed E-state index contributed by atoms with van der Waals surface area (Å²) >= 11 is 6.11. The maximum Gasteiger partial charge on any atom is 0.137 e. The lowest BCUT2D eigenvalue weighted by Crippen LogP contribution is -2.27. The van der Waals surface area contributed by atoms with Crippen molar-refractivity contribution in [3.8, 4) is 17.1 Å². The lowest BCUT2D eigenvalue weighted by atomic mass is 9.93. The van der Waals surface area contributed by atoms with Gasteiger partial charge in [0.05, 0.1) is 29.7 Å². The monoisotopic (exact) mass is 328 g/mol. The Balaban J connectivity index is 1.79. The molecule has 3 heterocycles. The van der Waals surface area contributed by atoms with E-state index in [1.54, 1.807) is 13.3 Å². The number of pyridine rings is 2. The molecule has 0 spiro atoms. The largest absolute Gasteiger partial charge is 0.497 e. The van der Waals surface area contributed by atoms with Gasteiger partial charge < -0.3 is 10.1 Å². The number of rotatable bonds is 4. The number of aromatic nitrogens is 3. The van der Waals surface area contributed by atoms with Gasteiger partial charge in [-0.05, 0) is 31.4 Å². The molecule has 0 bridgehead atoms. The highest BCUT2D eigenvalue weighted by atomic mass is 35.5. The second-order valence-electron chi connectivity index (χ2n) is 5.77. The average Bonchev–Trinajstić information content (AvgIpc) is 2.93. The first-order valence-corrected chi connectivity index (χ1v) is 8.06. The van der Waals surface area contributed by atoms with Crippen LogP contribution in [0.2, 0.25) is 5.02 Å². The topological polar surface area (TPSA) is 51.5 Å². The minimum absolute atomic E-state index is 0.513. The third kappa shape index (κ3) is 2.72. The minimum Gasteiger partial charge on any atom is -0.497 e. The number of hydrogen-bond acceptors (Lipinski definition) is 4. The van der Waals surface area contributed by atoms with Crippen molar-refractivity contribution in [2.24, 2.45) is 0 Å². The molecule has 3 aromatic rings. The molecule has 1 aliphatic rings. The van der Waals surface area contributed by atoms with E-state index in [4.69, 9.17) is 21.3 Å². The van der Waals surface area contributed by atoms with Crippen molar-refractivity contribution >= 4 is 23.1 Å². The van der Waals surface area contributed by atoms with E-state index in [1.807, 2.05) is 34.9 Å². The van der Waals surface area contributed by atoms with Gasteiger partial charge in [-0.25, -0.2) is 9.97 Å². The molecule has 5 nitrogen and oxygen atoms in total. The number of methoxy groups -OCH3 is 1. The van der Waals surface area contributed by atoms with Crippen molar-refractivity contribution < 1.29 is 4.74 Å². The van der Waals surface area contributed by atoms with Crippen LogP contribution in [-0.4, -0.2) is 27.5 Å². The van der Waals surface area contributed by atoms with Crippen LogP contribution in [0.5, 0.6) is 5.75 Å². The number of nitrogens with one attached hydrogen (secondary N) is 1. The molecule has 0 amide bonds. The van der Waals surface area contributed by atoms with Crippen molar-refractivity contribution in [3.05, 3.63) is 41.7 Å². The van der Waals surface area contributed by atoms with Crippen LogP contribution in [0.15, 0.2) is 36.7 Å². The lowest BCUT2D eigenvalue weighted by molar-refractivity contribution is 0.413. The number of fused-ring (bicyclic) bond motifs is 1. The summed E-state index contributed by atoms with van der Waals surface area (Å²) in [5.41, 5.74) is 2.53. The Morgan fingerprint density at radius 1 is 1.30 bits per heavy atom. The predicted molar refractivity (Wildman–Crippen MR) is 91.2 cm³/mol. The van der Waals surface area contributed by atoms with E-state index in [0.29, 0.717) is 11.1 Å². The van der Waals surface area contributed by atoms with E-state index in [1.165, 1.54) is 19.3 Å². The van der Waals surface area contributed by atoms with Gasteiger partial charge >= 0.3 is 0 Å². The highest BCUT2D eigenvalue weighted by Crippen LogP contribution is 2.29. The summed E-state index contributed by atoms with van der Waals surface area (Å²) in [5, 5.41) is 4.13. The number of nitrogens with zero attached hydrogens (tertiary/aromatic N) is 3. The van der Waals surface area contributed by atoms with E-state index in [9.17, 15) is 0 Å². The maximum atomic E-state index is 6.11. The average molecular weight is 329 g/mol. The van der Waals surface area contributed by atoms with Gasteiger partial charge in [-0.3, -0.25) is 4.40 Å². The van der Waals surface area contributed by atoms with Gasteiger partial charge in [0.1, 0.15) is 17.2 Å². The van der Waals surface area contributed by atoms with E-state index in [-0.39, 0.29) is 0 Å². The molecule has 0 aromatic carbocycles. The SMILES string of the molecule is COc1cc(NC2CCC2)nc(-c2cnc3ccc(Cl)cn23)c1. The van der Waals surface area contributed by atoms with Crippen molar-refractivity contribution in [2.75, 3.05) is 12.4 Å². The second kappa shape index (κ2) is 5.74. The molecule has 0 atom stereocenters. The molecule has 23 heavy (non-hydrogen) atoms. The lowest BCUT2D eigenvalue weighted by Gasteiger charge is -2.27. The van der Waals surface area contributed by atoms with Gasteiger partial charge in [0.15, 0.2) is 0 Å². The van der Waals surface area contributed by atoms with Gasteiger partial charge in [-0.1, -0.05) is 11.6 Å². The number of halogens is 1. The molecule has 1 aliphatic carbocycles. The number of hydrogen-bond donors (Lipinski definition) is 1. The summed E-state index contributed by atoms with van der Waals surface area (Å²) in [7, 11) is 1.66. The molecule has 118 valence electrons. The van der Waals surface area contributed by atoms with Crippen LogP contribution in [0.25, 0.3) is 17.0 Å². The standard InChI is InChI=1S/C17H17ClN4O/c1-23-13-7-14(21-16(8-13)20-12-3-2-4-12)15-9-19-17-6-5-11(18)10-22(15)17/h5-10,12H,2-4H2,1H3,(H,20,21). The van der Waals surface area contributed by atoms with Gasteiger partial charge in [0.25, 0.3) is 0 Å². The molecule has 4 rings (SSSR count). The van der Waals surface area contributed by atoms with Gasteiger partial charge in [0.2, 0.25) is 0 Å². The molecule has 0 aliphatic heterocycles. The summed E-state index contributed by atoms with van der Waals surface area (Å²) in [5.74, 6) is 1.61. The minimum atomic E-state index is 0.513. The van der Waals surface area contributed by atoms with Crippen LogP contribution in [0.3, 0.4) is 0 Å². The Morgan fingerprint density at radius 3 is 2.91 bits per heavy atom. The summed E-state index contributed by atoms with van der Waals surface area (Å²) < 4.78 is 7.37. The zero-order valence-electron chi connectivity index (χ0n) is 12.8. The van der Waals surface area contributed by atoms with E-state index >= 15 is 0 Å². The number of imidazole rings is 1. The Labute approximate surface area is 139 Å². The molecule has 1 fully saturated rings. The van der Waals surface area contributed by atoms with Crippen LogP contribution in [0.4, 0.5) is 5.82 Å². The van der Waals surface area contributed by atoms with Gasteiger partial charge in [-0.15, -0.1) is 0 Å². The highest BCUT2D eigenvalue weighted by molar-refractivity contribution is 6.30. The van der Waals surface area contributed by atoms with E-state index in [0.717, 1.165) is 28.6 Å². The molecule has 1 saturated carbocycles. The van der Waals surface area contributed by atoms with E-state index < -0.39 is 0 Å². The number of ether oxygens (including phenoxy) is 1. The van der Waals surface area contributed by atoms with E-state index in [2.05, 4.69) is 10.3 Å². The van der Waals surface area contributed by atoms with Crippen LogP contribution < -0.4 is 10.1 Å². The van der Waals surface area contributed by atoms with Crippen molar-refractivity contribution in [1.82, 2.24) is 14.4 Å². The molecule has 3 aromatic heterocycles. The Bertz CT molecular complexity index is 857.